The smallest absolute Gasteiger partial charge is 0.137 e. The van der Waals surface area contributed by atoms with E-state index in [2.05, 4.69) is 27.3 Å². The molecule has 1 aliphatic rings. The average molecular weight is 382 g/mol. The summed E-state index contributed by atoms with van der Waals surface area (Å²) in [5.41, 5.74) is 3.17. The van der Waals surface area contributed by atoms with Crippen LogP contribution in [0.15, 0.2) is 47.2 Å². The number of likely N-dealkylation sites (tertiary alicyclic amines) is 1. The Bertz CT molecular complexity index is 906. The molecule has 4 rings (SSSR count). The van der Waals surface area contributed by atoms with Gasteiger partial charge in [0.1, 0.15) is 11.5 Å². The molecule has 2 aromatic heterocycles. The quantitative estimate of drug-likeness (QED) is 0.676. The molecular weight excluding hydrogens is 356 g/mol. The molecule has 7 nitrogen and oxygen atoms in total. The van der Waals surface area contributed by atoms with Crippen LogP contribution in [0.3, 0.4) is 0 Å². The van der Waals surface area contributed by atoms with Gasteiger partial charge in [0.2, 0.25) is 0 Å². The highest BCUT2D eigenvalue weighted by Gasteiger charge is 2.32. The lowest BCUT2D eigenvalue weighted by Crippen LogP contribution is -2.21. The first-order valence-electron chi connectivity index (χ1n) is 9.56. The number of aromatic nitrogens is 3. The van der Waals surface area contributed by atoms with Crippen molar-refractivity contribution < 1.29 is 14.4 Å². The predicted molar refractivity (Wildman–Crippen MR) is 104 cm³/mol. The van der Waals surface area contributed by atoms with Crippen molar-refractivity contribution in [3.8, 4) is 5.75 Å². The summed E-state index contributed by atoms with van der Waals surface area (Å²) in [6.45, 7) is 4.87. The minimum atomic E-state index is -0.354. The van der Waals surface area contributed by atoms with Gasteiger partial charge in [0.05, 0.1) is 25.5 Å². The van der Waals surface area contributed by atoms with Gasteiger partial charge in [-0.3, -0.25) is 9.58 Å². The molecule has 148 valence electrons. The Labute approximate surface area is 164 Å². The summed E-state index contributed by atoms with van der Waals surface area (Å²) in [4.78, 5) is 2.29. The molecule has 1 saturated heterocycles. The Hall–Kier alpha value is -2.64. The number of aliphatic hydroxyl groups excluding tert-OH is 1. The number of β-amino-alcohol motifs (C(OH)–C–C–N with tert-alkyl or cyclic N) is 1. The van der Waals surface area contributed by atoms with E-state index in [0.717, 1.165) is 35.9 Å². The van der Waals surface area contributed by atoms with Crippen LogP contribution in [0.25, 0.3) is 0 Å². The van der Waals surface area contributed by atoms with Crippen LogP contribution < -0.4 is 4.74 Å². The Kier molecular flexibility index (Phi) is 5.45. The van der Waals surface area contributed by atoms with Gasteiger partial charge in [0, 0.05) is 56.0 Å². The maximum atomic E-state index is 10.5. The molecule has 0 aliphatic carbocycles. The normalized spacial score (nSPS) is 20.0. The zero-order valence-electron chi connectivity index (χ0n) is 16.3. The molecule has 28 heavy (non-hydrogen) atoms. The summed E-state index contributed by atoms with van der Waals surface area (Å²) in [7, 11) is 1.69. The lowest BCUT2D eigenvalue weighted by molar-refractivity contribution is 0.137. The van der Waals surface area contributed by atoms with E-state index in [0.29, 0.717) is 19.5 Å². The SMILES string of the molecule is COc1ccc(CN2C[C@@H](Cc3cc(C)no3)[C@H](O)C2)cc1Cn1cccn1. The lowest BCUT2D eigenvalue weighted by atomic mass is 10.0. The molecule has 1 aromatic carbocycles. The number of hydrogen-bond acceptors (Lipinski definition) is 6. The monoisotopic (exact) mass is 382 g/mol. The van der Waals surface area contributed by atoms with E-state index < -0.39 is 0 Å². The first kappa shape index (κ1) is 18.7. The highest BCUT2D eigenvalue weighted by molar-refractivity contribution is 5.37. The van der Waals surface area contributed by atoms with E-state index in [1.54, 1.807) is 13.3 Å². The third-order valence-corrected chi connectivity index (χ3v) is 5.26. The topological polar surface area (TPSA) is 76.6 Å². The van der Waals surface area contributed by atoms with E-state index in [-0.39, 0.29) is 12.0 Å². The van der Waals surface area contributed by atoms with E-state index in [9.17, 15) is 5.11 Å². The van der Waals surface area contributed by atoms with Crippen molar-refractivity contribution in [1.82, 2.24) is 19.8 Å². The van der Waals surface area contributed by atoms with Gasteiger partial charge in [-0.15, -0.1) is 0 Å². The second-order valence-corrected chi connectivity index (χ2v) is 7.51. The summed E-state index contributed by atoms with van der Waals surface area (Å²) in [5.74, 6) is 1.86. The minimum absolute atomic E-state index is 0.161. The molecule has 1 N–H and O–H groups in total. The summed E-state index contributed by atoms with van der Waals surface area (Å²) in [6, 6.07) is 10.1. The Morgan fingerprint density at radius 3 is 2.86 bits per heavy atom. The van der Waals surface area contributed by atoms with E-state index >= 15 is 0 Å². The molecule has 3 heterocycles. The number of hydrogen-bond donors (Lipinski definition) is 1. The zero-order valence-corrected chi connectivity index (χ0v) is 16.3. The number of rotatable bonds is 7. The first-order chi connectivity index (χ1) is 13.6. The fourth-order valence-electron chi connectivity index (χ4n) is 3.92. The first-order valence-corrected chi connectivity index (χ1v) is 9.56. The predicted octanol–water partition coefficient (Wildman–Crippen LogP) is 2.27. The van der Waals surface area contributed by atoms with Crippen LogP contribution in [0.2, 0.25) is 0 Å². The second-order valence-electron chi connectivity index (χ2n) is 7.51. The third kappa shape index (κ3) is 4.26. The number of benzene rings is 1. The van der Waals surface area contributed by atoms with Crippen LogP contribution in [0.1, 0.15) is 22.6 Å². The summed E-state index contributed by atoms with van der Waals surface area (Å²) in [5, 5.41) is 18.7. The van der Waals surface area contributed by atoms with Crippen LogP contribution in [-0.2, 0) is 19.5 Å². The summed E-state index contributed by atoms with van der Waals surface area (Å²) >= 11 is 0. The molecule has 2 atom stereocenters. The maximum absolute atomic E-state index is 10.5. The molecule has 0 radical (unpaired) electrons. The molecule has 1 fully saturated rings. The zero-order chi connectivity index (χ0) is 19.5. The van der Waals surface area contributed by atoms with Crippen molar-refractivity contribution in [2.75, 3.05) is 20.2 Å². The van der Waals surface area contributed by atoms with Gasteiger partial charge in [-0.25, -0.2) is 0 Å². The van der Waals surface area contributed by atoms with Gasteiger partial charge in [0.25, 0.3) is 0 Å². The van der Waals surface area contributed by atoms with Gasteiger partial charge in [-0.05, 0) is 30.7 Å². The van der Waals surface area contributed by atoms with Crippen molar-refractivity contribution in [2.45, 2.75) is 32.5 Å². The molecule has 0 spiro atoms. The van der Waals surface area contributed by atoms with Crippen molar-refractivity contribution in [3.63, 3.8) is 0 Å². The highest BCUT2D eigenvalue weighted by Crippen LogP contribution is 2.26. The lowest BCUT2D eigenvalue weighted by Gasteiger charge is -2.17. The molecule has 0 unspecified atom stereocenters. The number of methoxy groups -OCH3 is 1. The summed E-state index contributed by atoms with van der Waals surface area (Å²) < 4.78 is 12.7. The average Bonchev–Trinajstić information content (AvgIpc) is 3.39. The van der Waals surface area contributed by atoms with Gasteiger partial charge < -0.3 is 14.4 Å². The Morgan fingerprint density at radius 1 is 1.25 bits per heavy atom. The second kappa shape index (κ2) is 8.16. The van der Waals surface area contributed by atoms with E-state index in [1.807, 2.05) is 36.0 Å². The Balaban J connectivity index is 1.42. The molecule has 7 heteroatoms. The van der Waals surface area contributed by atoms with Crippen LogP contribution in [-0.4, -0.2) is 51.2 Å². The number of nitrogens with zero attached hydrogens (tertiary/aromatic N) is 4. The van der Waals surface area contributed by atoms with Gasteiger partial charge in [-0.2, -0.15) is 5.10 Å². The fraction of sp³-hybridized carbons (Fsp3) is 0.429. The van der Waals surface area contributed by atoms with Gasteiger partial charge in [-0.1, -0.05) is 11.2 Å². The molecule has 3 aromatic rings. The van der Waals surface area contributed by atoms with Crippen LogP contribution >= 0.6 is 0 Å². The van der Waals surface area contributed by atoms with Crippen molar-refractivity contribution in [1.29, 1.82) is 0 Å². The Morgan fingerprint density at radius 2 is 2.14 bits per heavy atom. The van der Waals surface area contributed by atoms with Crippen molar-refractivity contribution in [3.05, 3.63) is 65.3 Å². The molecule has 0 saturated carbocycles. The van der Waals surface area contributed by atoms with Crippen LogP contribution in [0.5, 0.6) is 5.75 Å². The molecule has 0 bridgehead atoms. The number of ether oxygens (including phenoxy) is 1. The van der Waals surface area contributed by atoms with Crippen molar-refractivity contribution in [2.24, 2.45) is 5.92 Å². The molecule has 0 amide bonds. The fourth-order valence-corrected chi connectivity index (χ4v) is 3.92. The van der Waals surface area contributed by atoms with E-state index in [4.69, 9.17) is 9.26 Å². The number of aryl methyl sites for hydroxylation is 1. The maximum Gasteiger partial charge on any atom is 0.137 e. The van der Waals surface area contributed by atoms with Gasteiger partial charge >= 0.3 is 0 Å². The largest absolute Gasteiger partial charge is 0.496 e. The van der Waals surface area contributed by atoms with Crippen LogP contribution in [0, 0.1) is 12.8 Å². The minimum Gasteiger partial charge on any atom is -0.496 e. The van der Waals surface area contributed by atoms with Crippen LogP contribution in [0.4, 0.5) is 0 Å². The van der Waals surface area contributed by atoms with Crippen molar-refractivity contribution >= 4 is 0 Å². The number of aliphatic hydroxyl groups is 1. The summed E-state index contributed by atoms with van der Waals surface area (Å²) in [6.07, 6.45) is 4.08. The standard InChI is InChI=1S/C21H26N4O3/c1-15-8-19(28-23-15)10-17-12-24(14-20(17)26)11-16-4-5-21(27-2)18(9-16)13-25-7-3-6-22-25/h3-9,17,20,26H,10-14H2,1-2H3/t17-,20-/m1/s1. The van der Waals surface area contributed by atoms with E-state index in [1.165, 1.54) is 5.56 Å². The highest BCUT2D eigenvalue weighted by atomic mass is 16.5. The van der Waals surface area contributed by atoms with Gasteiger partial charge in [0.15, 0.2) is 0 Å². The molecule has 1 aliphatic heterocycles. The molecular formula is C21H26N4O3. The third-order valence-electron chi connectivity index (χ3n) is 5.26.